The van der Waals surface area contributed by atoms with E-state index in [1.165, 1.54) is 0 Å². The van der Waals surface area contributed by atoms with Crippen LogP contribution in [0.1, 0.15) is 18.5 Å². The normalized spacial score (nSPS) is 21.8. The van der Waals surface area contributed by atoms with Gasteiger partial charge in [-0.3, -0.25) is 0 Å². The fourth-order valence-electron chi connectivity index (χ4n) is 2.18. The summed E-state index contributed by atoms with van der Waals surface area (Å²) in [4.78, 5) is 13.4. The molecule has 1 aromatic carbocycles. The van der Waals surface area contributed by atoms with Gasteiger partial charge in [0.05, 0.1) is 6.04 Å². The number of benzene rings is 1. The molecule has 0 spiro atoms. The van der Waals surface area contributed by atoms with Crippen molar-refractivity contribution < 1.29 is 14.3 Å². The Kier molecular flexibility index (Phi) is 2.31. The van der Waals surface area contributed by atoms with Gasteiger partial charge in [-0.2, -0.15) is 0 Å². The van der Waals surface area contributed by atoms with Gasteiger partial charge in [0.25, 0.3) is 0 Å². The third kappa shape index (κ3) is 1.67. The van der Waals surface area contributed by atoms with E-state index in [2.05, 4.69) is 5.32 Å². The fraction of sp³-hybridized carbons (Fsp3) is 0.417. The maximum Gasteiger partial charge on any atom is 0.318 e. The zero-order valence-electron chi connectivity index (χ0n) is 9.60. The molecule has 1 fully saturated rings. The standard InChI is InChI=1S/C12H14N2O3/c1-2-14-6-9(13-12(14)15)8-3-4-10-11(5-8)17-7-16-10/h3-5,9H,2,6-7H2,1H3,(H,13,15). The van der Waals surface area contributed by atoms with Crippen LogP contribution in [0.5, 0.6) is 11.5 Å². The van der Waals surface area contributed by atoms with Gasteiger partial charge in [-0.25, -0.2) is 4.79 Å². The predicted molar refractivity (Wildman–Crippen MR) is 61.1 cm³/mol. The van der Waals surface area contributed by atoms with Gasteiger partial charge in [0.2, 0.25) is 6.79 Å². The first-order chi connectivity index (χ1) is 8.28. The van der Waals surface area contributed by atoms with Crippen LogP contribution in [-0.2, 0) is 0 Å². The summed E-state index contributed by atoms with van der Waals surface area (Å²) in [5, 5.41) is 2.95. The van der Waals surface area contributed by atoms with E-state index in [9.17, 15) is 4.79 Å². The first kappa shape index (κ1) is 10.3. The van der Waals surface area contributed by atoms with Crippen LogP contribution in [0.2, 0.25) is 0 Å². The minimum Gasteiger partial charge on any atom is -0.454 e. The molecule has 1 aromatic rings. The van der Waals surface area contributed by atoms with E-state index in [0.717, 1.165) is 23.6 Å². The first-order valence-electron chi connectivity index (χ1n) is 5.73. The number of fused-ring (bicyclic) bond motifs is 1. The minimum absolute atomic E-state index is 0.00448. The van der Waals surface area contributed by atoms with E-state index in [0.29, 0.717) is 6.54 Å². The summed E-state index contributed by atoms with van der Waals surface area (Å²) in [6, 6.07) is 5.83. The second kappa shape index (κ2) is 3.84. The van der Waals surface area contributed by atoms with Gasteiger partial charge < -0.3 is 19.7 Å². The smallest absolute Gasteiger partial charge is 0.318 e. The van der Waals surface area contributed by atoms with Gasteiger partial charge in [0.1, 0.15) is 0 Å². The second-order valence-corrected chi connectivity index (χ2v) is 4.15. The van der Waals surface area contributed by atoms with Gasteiger partial charge in [-0.1, -0.05) is 6.07 Å². The molecule has 5 heteroatoms. The molecular formula is C12H14N2O3. The zero-order valence-corrected chi connectivity index (χ0v) is 9.60. The van der Waals surface area contributed by atoms with Crippen molar-refractivity contribution in [3.8, 4) is 11.5 Å². The highest BCUT2D eigenvalue weighted by Gasteiger charge is 2.29. The molecule has 17 heavy (non-hydrogen) atoms. The van der Waals surface area contributed by atoms with E-state index < -0.39 is 0 Å². The molecule has 0 saturated carbocycles. The average Bonchev–Trinajstić information content (AvgIpc) is 2.93. The van der Waals surface area contributed by atoms with Crippen molar-refractivity contribution in [3.63, 3.8) is 0 Å². The largest absolute Gasteiger partial charge is 0.454 e. The summed E-state index contributed by atoms with van der Waals surface area (Å²) in [6.07, 6.45) is 0. The number of hydrogen-bond acceptors (Lipinski definition) is 3. The lowest BCUT2D eigenvalue weighted by Crippen LogP contribution is -2.27. The van der Waals surface area contributed by atoms with E-state index in [1.807, 2.05) is 25.1 Å². The van der Waals surface area contributed by atoms with Gasteiger partial charge in [-0.15, -0.1) is 0 Å². The number of hydrogen-bond donors (Lipinski definition) is 1. The molecule has 2 heterocycles. The second-order valence-electron chi connectivity index (χ2n) is 4.15. The number of ether oxygens (including phenoxy) is 2. The Hall–Kier alpha value is -1.91. The highest BCUT2D eigenvalue weighted by molar-refractivity contribution is 5.77. The summed E-state index contributed by atoms with van der Waals surface area (Å²) in [5.74, 6) is 1.53. The van der Waals surface area contributed by atoms with E-state index in [4.69, 9.17) is 9.47 Å². The molecule has 5 nitrogen and oxygen atoms in total. The summed E-state index contributed by atoms with van der Waals surface area (Å²) in [7, 11) is 0. The van der Waals surface area contributed by atoms with Crippen molar-refractivity contribution in [3.05, 3.63) is 23.8 Å². The number of carbonyl (C=O) groups excluding carboxylic acids is 1. The Morgan fingerprint density at radius 2 is 2.24 bits per heavy atom. The fourth-order valence-corrected chi connectivity index (χ4v) is 2.18. The molecule has 1 N–H and O–H groups in total. The quantitative estimate of drug-likeness (QED) is 0.843. The van der Waals surface area contributed by atoms with Crippen LogP contribution in [0.25, 0.3) is 0 Å². The summed E-state index contributed by atoms with van der Waals surface area (Å²) < 4.78 is 10.6. The van der Waals surface area contributed by atoms with Crippen molar-refractivity contribution in [2.75, 3.05) is 19.9 Å². The summed E-state index contributed by atoms with van der Waals surface area (Å²) in [6.45, 7) is 3.68. The van der Waals surface area contributed by atoms with E-state index in [1.54, 1.807) is 4.90 Å². The Morgan fingerprint density at radius 3 is 3.00 bits per heavy atom. The van der Waals surface area contributed by atoms with Crippen molar-refractivity contribution in [2.45, 2.75) is 13.0 Å². The van der Waals surface area contributed by atoms with Crippen molar-refractivity contribution >= 4 is 6.03 Å². The van der Waals surface area contributed by atoms with Crippen molar-refractivity contribution in [2.24, 2.45) is 0 Å². The van der Waals surface area contributed by atoms with Gasteiger partial charge >= 0.3 is 6.03 Å². The van der Waals surface area contributed by atoms with Crippen molar-refractivity contribution in [1.29, 1.82) is 0 Å². The van der Waals surface area contributed by atoms with Gasteiger partial charge in [0, 0.05) is 13.1 Å². The number of likely N-dealkylation sites (N-methyl/N-ethyl adjacent to an activating group) is 1. The molecule has 2 aliphatic heterocycles. The van der Waals surface area contributed by atoms with Crippen LogP contribution in [-0.4, -0.2) is 30.8 Å². The zero-order chi connectivity index (χ0) is 11.8. The molecule has 90 valence electrons. The lowest BCUT2D eigenvalue weighted by molar-refractivity contribution is 0.174. The monoisotopic (exact) mass is 234 g/mol. The first-order valence-corrected chi connectivity index (χ1v) is 5.73. The Bertz CT molecular complexity index is 461. The molecule has 0 bridgehead atoms. The topological polar surface area (TPSA) is 50.8 Å². The van der Waals surface area contributed by atoms with E-state index in [-0.39, 0.29) is 18.9 Å². The van der Waals surface area contributed by atoms with Crippen LogP contribution in [0, 0.1) is 0 Å². The van der Waals surface area contributed by atoms with Crippen LogP contribution < -0.4 is 14.8 Å². The highest BCUT2D eigenvalue weighted by atomic mass is 16.7. The SMILES string of the molecule is CCN1CC(c2ccc3c(c2)OCO3)NC1=O. The van der Waals surface area contributed by atoms with Crippen LogP contribution in [0.4, 0.5) is 4.79 Å². The lowest BCUT2D eigenvalue weighted by atomic mass is 10.1. The molecular weight excluding hydrogens is 220 g/mol. The highest BCUT2D eigenvalue weighted by Crippen LogP contribution is 2.35. The Morgan fingerprint density at radius 1 is 1.41 bits per heavy atom. The molecule has 0 aromatic heterocycles. The van der Waals surface area contributed by atoms with Crippen LogP contribution >= 0.6 is 0 Å². The molecule has 1 atom stereocenters. The molecule has 2 aliphatic rings. The maximum absolute atomic E-state index is 11.6. The van der Waals surface area contributed by atoms with Crippen LogP contribution in [0.3, 0.4) is 0 Å². The van der Waals surface area contributed by atoms with E-state index >= 15 is 0 Å². The van der Waals surface area contributed by atoms with Crippen molar-refractivity contribution in [1.82, 2.24) is 10.2 Å². The molecule has 1 unspecified atom stereocenters. The number of nitrogens with one attached hydrogen (secondary N) is 1. The van der Waals surface area contributed by atoms with Gasteiger partial charge in [0.15, 0.2) is 11.5 Å². The molecule has 3 rings (SSSR count). The Balaban J connectivity index is 1.83. The van der Waals surface area contributed by atoms with Crippen LogP contribution in [0.15, 0.2) is 18.2 Å². The molecule has 2 amide bonds. The average molecular weight is 234 g/mol. The molecule has 0 aliphatic carbocycles. The number of rotatable bonds is 2. The number of urea groups is 1. The Labute approximate surface area is 99.3 Å². The number of nitrogens with zero attached hydrogens (tertiary/aromatic N) is 1. The lowest BCUT2D eigenvalue weighted by Gasteiger charge is -2.11. The summed E-state index contributed by atoms with van der Waals surface area (Å²) in [5.41, 5.74) is 1.05. The summed E-state index contributed by atoms with van der Waals surface area (Å²) >= 11 is 0. The predicted octanol–water partition coefficient (Wildman–Crippen LogP) is 1.50. The molecule has 1 saturated heterocycles. The third-order valence-electron chi connectivity index (χ3n) is 3.17. The third-order valence-corrected chi connectivity index (χ3v) is 3.17. The molecule has 0 radical (unpaired) electrons. The van der Waals surface area contributed by atoms with Gasteiger partial charge in [-0.05, 0) is 24.6 Å². The minimum atomic E-state index is -0.00448. The number of amides is 2. The number of carbonyl (C=O) groups is 1. The maximum atomic E-state index is 11.6.